The van der Waals surface area contributed by atoms with Crippen molar-refractivity contribution in [2.45, 2.75) is 38.5 Å². The molecule has 0 bridgehead atoms. The number of nitrogens with one attached hydrogen (secondary N) is 2. The van der Waals surface area contributed by atoms with Gasteiger partial charge in [-0.3, -0.25) is 9.48 Å². The van der Waals surface area contributed by atoms with E-state index in [0.717, 1.165) is 25.0 Å². The molecule has 1 atom stereocenters. The molecule has 2 N–H and O–H groups in total. The highest BCUT2D eigenvalue weighted by molar-refractivity contribution is 5.93. The lowest BCUT2D eigenvalue weighted by Gasteiger charge is -2.22. The van der Waals surface area contributed by atoms with Crippen LogP contribution in [0.15, 0.2) is 42.7 Å². The fourth-order valence-corrected chi connectivity index (χ4v) is 2.82. The van der Waals surface area contributed by atoms with E-state index in [2.05, 4.69) is 15.7 Å². The van der Waals surface area contributed by atoms with E-state index in [4.69, 9.17) is 9.47 Å². The lowest BCUT2D eigenvalue weighted by atomic mass is 10.1. The molecule has 8 nitrogen and oxygen atoms in total. The number of hydrogen-bond acceptors (Lipinski definition) is 5. The van der Waals surface area contributed by atoms with Gasteiger partial charge in [-0.25, -0.2) is 4.79 Å². The number of carbonyl (C=O) groups is 2. The molecule has 0 spiro atoms. The Bertz CT molecular complexity index is 741. The summed E-state index contributed by atoms with van der Waals surface area (Å²) < 4.78 is 12.5. The van der Waals surface area contributed by atoms with Crippen LogP contribution >= 0.6 is 0 Å². The highest BCUT2D eigenvalue weighted by Crippen LogP contribution is 2.15. The standard InChI is InChI=1S/C19H24N4O4/c24-18(11-20-19(25)27-14-15-6-2-1-3-7-15)22-16-10-21-23(12-16)13-17-8-4-5-9-26-17/h1-3,6-7,10,12,17H,4-5,8-9,11,13-14H2,(H,20,25)(H,22,24)/t17-/m0/s1. The normalized spacial score (nSPS) is 16.5. The summed E-state index contributed by atoms with van der Waals surface area (Å²) in [5, 5.41) is 9.35. The Morgan fingerprint density at radius 1 is 1.26 bits per heavy atom. The maximum absolute atomic E-state index is 11.9. The molecule has 0 saturated carbocycles. The number of benzene rings is 1. The van der Waals surface area contributed by atoms with E-state index in [9.17, 15) is 9.59 Å². The van der Waals surface area contributed by atoms with Crippen molar-refractivity contribution >= 4 is 17.7 Å². The molecule has 27 heavy (non-hydrogen) atoms. The summed E-state index contributed by atoms with van der Waals surface area (Å²) in [6.07, 6.45) is 6.16. The zero-order valence-electron chi connectivity index (χ0n) is 15.1. The molecule has 0 radical (unpaired) electrons. The summed E-state index contributed by atoms with van der Waals surface area (Å²) in [4.78, 5) is 23.6. The number of aromatic nitrogens is 2. The van der Waals surface area contributed by atoms with Gasteiger partial charge in [-0.2, -0.15) is 5.10 Å². The van der Waals surface area contributed by atoms with Crippen LogP contribution in [0.1, 0.15) is 24.8 Å². The molecule has 3 rings (SSSR count). The van der Waals surface area contributed by atoms with Gasteiger partial charge in [0.15, 0.2) is 0 Å². The molecule has 0 aliphatic carbocycles. The van der Waals surface area contributed by atoms with Crippen molar-refractivity contribution in [2.24, 2.45) is 0 Å². The Labute approximate surface area is 157 Å². The van der Waals surface area contributed by atoms with Crippen LogP contribution in [-0.4, -0.2) is 41.0 Å². The molecule has 2 heterocycles. The van der Waals surface area contributed by atoms with E-state index >= 15 is 0 Å². The predicted molar refractivity (Wildman–Crippen MR) is 99.1 cm³/mol. The van der Waals surface area contributed by atoms with Crippen LogP contribution in [0.5, 0.6) is 0 Å². The maximum Gasteiger partial charge on any atom is 0.407 e. The van der Waals surface area contributed by atoms with Crippen LogP contribution in [0.3, 0.4) is 0 Å². The number of anilines is 1. The molecular weight excluding hydrogens is 348 g/mol. The third kappa shape index (κ3) is 6.41. The monoisotopic (exact) mass is 372 g/mol. The van der Waals surface area contributed by atoms with Crippen molar-refractivity contribution in [2.75, 3.05) is 18.5 Å². The molecule has 8 heteroatoms. The zero-order valence-corrected chi connectivity index (χ0v) is 15.1. The largest absolute Gasteiger partial charge is 0.445 e. The maximum atomic E-state index is 11.9. The van der Waals surface area contributed by atoms with Crippen LogP contribution in [0.4, 0.5) is 10.5 Å². The number of amides is 2. The summed E-state index contributed by atoms with van der Waals surface area (Å²) in [6, 6.07) is 9.33. The van der Waals surface area contributed by atoms with Gasteiger partial charge in [0.25, 0.3) is 0 Å². The average Bonchev–Trinajstić information content (AvgIpc) is 3.13. The first-order valence-corrected chi connectivity index (χ1v) is 9.07. The molecule has 2 aromatic rings. The average molecular weight is 372 g/mol. The Hall–Kier alpha value is -2.87. The van der Waals surface area contributed by atoms with E-state index in [-0.39, 0.29) is 25.2 Å². The number of carbonyl (C=O) groups excluding carboxylic acids is 2. The molecule has 1 aliphatic rings. The molecule has 144 valence electrons. The third-order valence-corrected chi connectivity index (χ3v) is 4.19. The van der Waals surface area contributed by atoms with Gasteiger partial charge in [0.2, 0.25) is 5.91 Å². The number of rotatable bonds is 7. The van der Waals surface area contributed by atoms with Crippen molar-refractivity contribution in [3.05, 3.63) is 48.3 Å². The van der Waals surface area contributed by atoms with Crippen molar-refractivity contribution in [3.8, 4) is 0 Å². The van der Waals surface area contributed by atoms with E-state index in [0.29, 0.717) is 12.2 Å². The van der Waals surface area contributed by atoms with Gasteiger partial charge < -0.3 is 20.1 Å². The summed E-state index contributed by atoms with van der Waals surface area (Å²) in [5.41, 5.74) is 1.46. The third-order valence-electron chi connectivity index (χ3n) is 4.19. The molecule has 1 saturated heterocycles. The van der Waals surface area contributed by atoms with Crippen molar-refractivity contribution < 1.29 is 19.1 Å². The topological polar surface area (TPSA) is 94.5 Å². The lowest BCUT2D eigenvalue weighted by Crippen LogP contribution is -2.33. The Balaban J connectivity index is 1.35. The van der Waals surface area contributed by atoms with Crippen LogP contribution in [0.25, 0.3) is 0 Å². The van der Waals surface area contributed by atoms with Crippen LogP contribution < -0.4 is 10.6 Å². The summed E-state index contributed by atoms with van der Waals surface area (Å²) in [5.74, 6) is -0.347. The molecule has 1 aliphatic heterocycles. The first-order valence-electron chi connectivity index (χ1n) is 9.07. The van der Waals surface area contributed by atoms with Gasteiger partial charge in [-0.15, -0.1) is 0 Å². The minimum absolute atomic E-state index is 0.157. The fraction of sp³-hybridized carbons (Fsp3) is 0.421. The summed E-state index contributed by atoms with van der Waals surface area (Å²) in [6.45, 7) is 1.44. The first kappa shape index (κ1) is 18.9. The minimum Gasteiger partial charge on any atom is -0.445 e. The Morgan fingerprint density at radius 3 is 2.89 bits per heavy atom. The van der Waals surface area contributed by atoms with E-state index in [1.165, 1.54) is 6.42 Å². The van der Waals surface area contributed by atoms with E-state index < -0.39 is 6.09 Å². The van der Waals surface area contributed by atoms with Crippen molar-refractivity contribution in [1.82, 2.24) is 15.1 Å². The molecule has 2 amide bonds. The second kappa shape index (κ2) is 9.72. The van der Waals surface area contributed by atoms with Gasteiger partial charge >= 0.3 is 6.09 Å². The molecule has 0 unspecified atom stereocenters. The molecule has 1 aromatic heterocycles. The number of nitrogens with zero attached hydrogens (tertiary/aromatic N) is 2. The second-order valence-corrected chi connectivity index (χ2v) is 6.40. The number of hydrogen-bond donors (Lipinski definition) is 2. The smallest absolute Gasteiger partial charge is 0.407 e. The van der Waals surface area contributed by atoms with E-state index in [1.54, 1.807) is 17.1 Å². The molecule has 1 aromatic carbocycles. The summed E-state index contributed by atoms with van der Waals surface area (Å²) in [7, 11) is 0. The highest BCUT2D eigenvalue weighted by atomic mass is 16.5. The van der Waals surface area contributed by atoms with E-state index in [1.807, 2.05) is 30.3 Å². The van der Waals surface area contributed by atoms with Crippen molar-refractivity contribution in [1.29, 1.82) is 0 Å². The van der Waals surface area contributed by atoms with Gasteiger partial charge in [-0.05, 0) is 24.8 Å². The fourth-order valence-electron chi connectivity index (χ4n) is 2.82. The lowest BCUT2D eigenvalue weighted by molar-refractivity contribution is -0.115. The Kier molecular flexibility index (Phi) is 6.81. The summed E-state index contributed by atoms with van der Waals surface area (Å²) >= 11 is 0. The highest BCUT2D eigenvalue weighted by Gasteiger charge is 2.15. The second-order valence-electron chi connectivity index (χ2n) is 6.40. The number of alkyl carbamates (subject to hydrolysis) is 1. The molecular formula is C19H24N4O4. The van der Waals surface area contributed by atoms with Gasteiger partial charge in [0.1, 0.15) is 13.2 Å². The number of ether oxygens (including phenoxy) is 2. The minimum atomic E-state index is -0.640. The van der Waals surface area contributed by atoms with Crippen molar-refractivity contribution in [3.63, 3.8) is 0 Å². The van der Waals surface area contributed by atoms with Gasteiger partial charge in [-0.1, -0.05) is 30.3 Å². The quantitative estimate of drug-likeness (QED) is 0.778. The van der Waals surface area contributed by atoms with Gasteiger partial charge in [0.05, 0.1) is 24.5 Å². The first-order chi connectivity index (χ1) is 13.2. The van der Waals surface area contributed by atoms with Crippen LogP contribution in [0.2, 0.25) is 0 Å². The van der Waals surface area contributed by atoms with Crippen LogP contribution in [-0.2, 0) is 27.4 Å². The molecule has 1 fully saturated rings. The predicted octanol–water partition coefficient (Wildman–Crippen LogP) is 2.32. The van der Waals surface area contributed by atoms with Gasteiger partial charge in [0, 0.05) is 12.8 Å². The zero-order chi connectivity index (χ0) is 18.9. The SMILES string of the molecule is O=C(CNC(=O)OCc1ccccc1)Nc1cnn(C[C@@H]2CCCCO2)c1. The van der Waals surface area contributed by atoms with Crippen LogP contribution in [0, 0.1) is 0 Å². The Morgan fingerprint density at radius 2 is 2.11 bits per heavy atom.